The van der Waals surface area contributed by atoms with E-state index in [-0.39, 0.29) is 18.1 Å². The molecular weight excluding hydrogens is 226 g/mol. The zero-order valence-electron chi connectivity index (χ0n) is 9.38. The van der Waals surface area contributed by atoms with Gasteiger partial charge in [0.1, 0.15) is 11.4 Å². The summed E-state index contributed by atoms with van der Waals surface area (Å²) in [6.07, 6.45) is 2.16. The lowest BCUT2D eigenvalue weighted by molar-refractivity contribution is -0.140. The maximum absolute atomic E-state index is 10.8. The van der Waals surface area contributed by atoms with Gasteiger partial charge in [-0.25, -0.2) is 9.78 Å². The Labute approximate surface area is 98.2 Å². The van der Waals surface area contributed by atoms with Gasteiger partial charge in [0, 0.05) is 6.42 Å². The van der Waals surface area contributed by atoms with E-state index in [2.05, 4.69) is 9.72 Å². The standard InChI is InChI=1S/C11H13NO5/c1-16-10(13)3-2-6-17-8-4-5-9(11(14)15)12-7-8/h4-5,7H,2-3,6H2,1H3,(H,14,15). The SMILES string of the molecule is COC(=O)CCCOc1ccc(C(=O)O)nc1. The van der Waals surface area contributed by atoms with Crippen LogP contribution in [-0.2, 0) is 9.53 Å². The molecule has 0 fully saturated rings. The number of rotatable bonds is 6. The van der Waals surface area contributed by atoms with Crippen molar-refractivity contribution in [3.8, 4) is 5.75 Å². The fraction of sp³-hybridized carbons (Fsp3) is 0.364. The molecule has 0 spiro atoms. The molecule has 1 aromatic rings. The van der Waals surface area contributed by atoms with Crippen LogP contribution < -0.4 is 4.74 Å². The zero-order chi connectivity index (χ0) is 12.7. The van der Waals surface area contributed by atoms with Crippen LogP contribution in [0.5, 0.6) is 5.75 Å². The number of methoxy groups -OCH3 is 1. The zero-order valence-corrected chi connectivity index (χ0v) is 9.38. The topological polar surface area (TPSA) is 85.7 Å². The number of esters is 1. The molecule has 0 aliphatic heterocycles. The Balaban J connectivity index is 2.32. The first-order valence-corrected chi connectivity index (χ1v) is 5.02. The van der Waals surface area contributed by atoms with Crippen LogP contribution in [0.1, 0.15) is 23.3 Å². The number of pyridine rings is 1. The van der Waals surface area contributed by atoms with Crippen molar-refractivity contribution >= 4 is 11.9 Å². The number of ether oxygens (including phenoxy) is 2. The molecule has 0 bridgehead atoms. The summed E-state index contributed by atoms with van der Waals surface area (Å²) < 4.78 is 9.74. The lowest BCUT2D eigenvalue weighted by Crippen LogP contribution is -2.05. The average Bonchev–Trinajstić information content (AvgIpc) is 2.34. The van der Waals surface area contributed by atoms with Crippen LogP contribution in [0.25, 0.3) is 0 Å². The molecule has 0 atom stereocenters. The van der Waals surface area contributed by atoms with E-state index in [0.717, 1.165) is 0 Å². The molecule has 6 nitrogen and oxygen atoms in total. The maximum atomic E-state index is 10.8. The van der Waals surface area contributed by atoms with Crippen molar-refractivity contribution in [2.75, 3.05) is 13.7 Å². The van der Waals surface area contributed by atoms with E-state index < -0.39 is 5.97 Å². The highest BCUT2D eigenvalue weighted by molar-refractivity contribution is 5.85. The second kappa shape index (κ2) is 6.47. The van der Waals surface area contributed by atoms with Crippen LogP contribution in [0, 0.1) is 0 Å². The molecule has 0 radical (unpaired) electrons. The van der Waals surface area contributed by atoms with Crippen molar-refractivity contribution < 1.29 is 24.2 Å². The number of hydrogen-bond acceptors (Lipinski definition) is 5. The second-order valence-electron chi connectivity index (χ2n) is 3.21. The molecule has 1 rings (SSSR count). The van der Waals surface area contributed by atoms with E-state index in [1.807, 2.05) is 0 Å². The maximum Gasteiger partial charge on any atom is 0.354 e. The molecule has 1 N–H and O–H groups in total. The van der Waals surface area contributed by atoms with Crippen LogP contribution in [0.3, 0.4) is 0 Å². The Hall–Kier alpha value is -2.11. The molecule has 17 heavy (non-hydrogen) atoms. The van der Waals surface area contributed by atoms with Gasteiger partial charge in [0.25, 0.3) is 0 Å². The normalized spacial score (nSPS) is 9.71. The first-order chi connectivity index (χ1) is 8.13. The molecule has 0 saturated carbocycles. The largest absolute Gasteiger partial charge is 0.492 e. The molecule has 6 heteroatoms. The summed E-state index contributed by atoms with van der Waals surface area (Å²) >= 11 is 0. The van der Waals surface area contributed by atoms with E-state index in [9.17, 15) is 9.59 Å². The van der Waals surface area contributed by atoms with Crippen molar-refractivity contribution in [1.29, 1.82) is 0 Å². The molecule has 1 aromatic heterocycles. The van der Waals surface area contributed by atoms with Gasteiger partial charge in [0.2, 0.25) is 0 Å². The fourth-order valence-corrected chi connectivity index (χ4v) is 1.10. The number of aromatic nitrogens is 1. The molecule has 0 aromatic carbocycles. The Bertz CT molecular complexity index is 387. The van der Waals surface area contributed by atoms with E-state index >= 15 is 0 Å². The second-order valence-corrected chi connectivity index (χ2v) is 3.21. The van der Waals surface area contributed by atoms with Gasteiger partial charge >= 0.3 is 11.9 Å². The number of carbonyl (C=O) groups excluding carboxylic acids is 1. The highest BCUT2D eigenvalue weighted by Gasteiger charge is 2.04. The van der Waals surface area contributed by atoms with Crippen LogP contribution in [-0.4, -0.2) is 35.7 Å². The third-order valence-electron chi connectivity index (χ3n) is 1.98. The summed E-state index contributed by atoms with van der Waals surface area (Å²) in [6.45, 7) is 0.350. The number of aromatic carboxylic acids is 1. The van der Waals surface area contributed by atoms with Gasteiger partial charge < -0.3 is 14.6 Å². The summed E-state index contributed by atoms with van der Waals surface area (Å²) in [5, 5.41) is 8.62. The number of carbonyl (C=O) groups is 2. The van der Waals surface area contributed by atoms with E-state index in [4.69, 9.17) is 9.84 Å². The fourth-order valence-electron chi connectivity index (χ4n) is 1.10. The lowest BCUT2D eigenvalue weighted by Gasteiger charge is -2.05. The summed E-state index contributed by atoms with van der Waals surface area (Å²) in [6, 6.07) is 2.88. The van der Waals surface area contributed by atoms with Gasteiger partial charge in [-0.1, -0.05) is 0 Å². The van der Waals surface area contributed by atoms with Gasteiger partial charge in [-0.3, -0.25) is 4.79 Å². The number of carboxylic acids is 1. The number of carboxylic acid groups (broad SMARTS) is 1. The predicted octanol–water partition coefficient (Wildman–Crippen LogP) is 1.11. The Morgan fingerprint density at radius 3 is 2.71 bits per heavy atom. The summed E-state index contributed by atoms with van der Waals surface area (Å²) in [4.78, 5) is 25.0. The lowest BCUT2D eigenvalue weighted by atomic mass is 10.3. The van der Waals surface area contributed by atoms with Crippen molar-refractivity contribution in [2.24, 2.45) is 0 Å². The van der Waals surface area contributed by atoms with Gasteiger partial charge in [-0.05, 0) is 18.6 Å². The number of nitrogens with zero attached hydrogens (tertiary/aromatic N) is 1. The summed E-state index contributed by atoms with van der Waals surface area (Å²) in [5.74, 6) is -0.893. The third-order valence-corrected chi connectivity index (χ3v) is 1.98. The summed E-state index contributed by atoms with van der Waals surface area (Å²) in [7, 11) is 1.33. The van der Waals surface area contributed by atoms with Gasteiger partial charge in [0.15, 0.2) is 0 Å². The molecule has 1 heterocycles. The highest BCUT2D eigenvalue weighted by Crippen LogP contribution is 2.09. The first-order valence-electron chi connectivity index (χ1n) is 5.02. The van der Waals surface area contributed by atoms with Crippen molar-refractivity contribution in [2.45, 2.75) is 12.8 Å². The minimum absolute atomic E-state index is 0.0353. The predicted molar refractivity (Wildman–Crippen MR) is 57.9 cm³/mol. The monoisotopic (exact) mass is 239 g/mol. The smallest absolute Gasteiger partial charge is 0.354 e. The average molecular weight is 239 g/mol. The molecule has 0 unspecified atom stereocenters. The molecule has 0 amide bonds. The third kappa shape index (κ3) is 4.50. The van der Waals surface area contributed by atoms with Gasteiger partial charge in [-0.15, -0.1) is 0 Å². The molecular formula is C11H13NO5. The van der Waals surface area contributed by atoms with E-state index in [0.29, 0.717) is 18.8 Å². The Morgan fingerprint density at radius 2 is 2.18 bits per heavy atom. The molecule has 0 saturated heterocycles. The summed E-state index contributed by atoms with van der Waals surface area (Å²) in [5.41, 5.74) is -0.0353. The highest BCUT2D eigenvalue weighted by atomic mass is 16.5. The van der Waals surface area contributed by atoms with Gasteiger partial charge in [-0.2, -0.15) is 0 Å². The van der Waals surface area contributed by atoms with Crippen LogP contribution in [0.2, 0.25) is 0 Å². The van der Waals surface area contributed by atoms with E-state index in [1.54, 1.807) is 0 Å². The van der Waals surface area contributed by atoms with Crippen molar-refractivity contribution in [1.82, 2.24) is 4.98 Å². The molecule has 0 aliphatic rings. The van der Waals surface area contributed by atoms with Crippen LogP contribution >= 0.6 is 0 Å². The quantitative estimate of drug-likeness (QED) is 0.591. The van der Waals surface area contributed by atoms with Crippen molar-refractivity contribution in [3.05, 3.63) is 24.0 Å². The first kappa shape index (κ1) is 13.0. The minimum Gasteiger partial charge on any atom is -0.492 e. The molecule has 0 aliphatic carbocycles. The Kier molecular flexibility index (Phi) is 4.93. The van der Waals surface area contributed by atoms with Crippen molar-refractivity contribution in [3.63, 3.8) is 0 Å². The van der Waals surface area contributed by atoms with Crippen LogP contribution in [0.4, 0.5) is 0 Å². The van der Waals surface area contributed by atoms with Crippen LogP contribution in [0.15, 0.2) is 18.3 Å². The molecule has 92 valence electrons. The van der Waals surface area contributed by atoms with Gasteiger partial charge in [0.05, 0.1) is 19.9 Å². The Morgan fingerprint density at radius 1 is 1.41 bits per heavy atom. The van der Waals surface area contributed by atoms with E-state index in [1.165, 1.54) is 25.4 Å². The minimum atomic E-state index is -1.08. The number of hydrogen-bond donors (Lipinski definition) is 1.